The summed E-state index contributed by atoms with van der Waals surface area (Å²) in [6, 6.07) is 8.48. The molecule has 0 bridgehead atoms. The molecular formula is C14H17N3O2. The molecule has 1 heterocycles. The van der Waals surface area contributed by atoms with Crippen LogP contribution in [0.2, 0.25) is 0 Å². The zero-order valence-corrected chi connectivity index (χ0v) is 11.1. The molecule has 2 aromatic rings. The fourth-order valence-electron chi connectivity index (χ4n) is 1.92. The Bertz CT molecular complexity index is 590. The van der Waals surface area contributed by atoms with Gasteiger partial charge >= 0.3 is 0 Å². The summed E-state index contributed by atoms with van der Waals surface area (Å²) in [5.74, 6) is 0.0366. The molecule has 1 amide bonds. The number of aromatic hydroxyl groups is 1. The van der Waals surface area contributed by atoms with Gasteiger partial charge in [-0.3, -0.25) is 9.48 Å². The van der Waals surface area contributed by atoms with E-state index in [-0.39, 0.29) is 11.7 Å². The Balaban J connectivity index is 1.90. The molecule has 1 aromatic heterocycles. The maximum Gasteiger partial charge on any atom is 0.226 e. The van der Waals surface area contributed by atoms with Crippen molar-refractivity contribution >= 4 is 11.6 Å². The summed E-state index contributed by atoms with van der Waals surface area (Å²) in [5, 5.41) is 16.3. The highest BCUT2D eigenvalue weighted by Gasteiger charge is 2.06. The molecule has 0 aliphatic rings. The number of aromatic nitrogens is 2. The van der Waals surface area contributed by atoms with Crippen LogP contribution in [0.4, 0.5) is 5.69 Å². The molecule has 1 aromatic carbocycles. The van der Waals surface area contributed by atoms with Gasteiger partial charge in [0.1, 0.15) is 5.75 Å². The number of nitrogens with zero attached hydrogens (tertiary/aromatic N) is 2. The maximum absolute atomic E-state index is 11.8. The van der Waals surface area contributed by atoms with Crippen molar-refractivity contribution in [3.63, 3.8) is 0 Å². The smallest absolute Gasteiger partial charge is 0.226 e. The third-order valence-electron chi connectivity index (χ3n) is 2.78. The average Bonchev–Trinajstić information content (AvgIpc) is 2.65. The van der Waals surface area contributed by atoms with Crippen LogP contribution < -0.4 is 5.32 Å². The SMILES string of the molecule is Cc1cc(C)n(CCC(=O)Nc2cccc(O)c2)n1. The van der Waals surface area contributed by atoms with Crippen molar-refractivity contribution in [2.24, 2.45) is 0 Å². The van der Waals surface area contributed by atoms with E-state index in [2.05, 4.69) is 10.4 Å². The minimum absolute atomic E-state index is 0.0989. The average molecular weight is 259 g/mol. The van der Waals surface area contributed by atoms with Crippen LogP contribution in [0.1, 0.15) is 17.8 Å². The van der Waals surface area contributed by atoms with Gasteiger partial charge in [-0.25, -0.2) is 0 Å². The number of hydrogen-bond donors (Lipinski definition) is 2. The van der Waals surface area contributed by atoms with Gasteiger partial charge in [-0.15, -0.1) is 0 Å². The fraction of sp³-hybridized carbons (Fsp3) is 0.286. The lowest BCUT2D eigenvalue weighted by Crippen LogP contribution is -2.15. The summed E-state index contributed by atoms with van der Waals surface area (Å²) in [7, 11) is 0. The quantitative estimate of drug-likeness (QED) is 0.884. The van der Waals surface area contributed by atoms with Crippen LogP contribution in [0.5, 0.6) is 5.75 Å². The number of carbonyl (C=O) groups is 1. The molecule has 0 saturated carbocycles. The predicted octanol–water partition coefficient (Wildman–Crippen LogP) is 2.23. The topological polar surface area (TPSA) is 67.2 Å². The molecule has 5 heteroatoms. The normalized spacial score (nSPS) is 10.4. The van der Waals surface area contributed by atoms with Crippen molar-refractivity contribution in [2.45, 2.75) is 26.8 Å². The van der Waals surface area contributed by atoms with E-state index in [1.54, 1.807) is 18.2 Å². The summed E-state index contributed by atoms with van der Waals surface area (Å²) >= 11 is 0. The molecule has 0 atom stereocenters. The molecule has 19 heavy (non-hydrogen) atoms. The highest BCUT2D eigenvalue weighted by atomic mass is 16.3. The van der Waals surface area contributed by atoms with Gasteiger partial charge in [-0.05, 0) is 32.0 Å². The van der Waals surface area contributed by atoms with Crippen molar-refractivity contribution < 1.29 is 9.90 Å². The number of carbonyl (C=O) groups excluding carboxylic acids is 1. The second-order valence-corrected chi connectivity index (χ2v) is 4.50. The highest BCUT2D eigenvalue weighted by Crippen LogP contribution is 2.15. The lowest BCUT2D eigenvalue weighted by Gasteiger charge is -2.06. The van der Waals surface area contributed by atoms with E-state index in [1.807, 2.05) is 24.6 Å². The van der Waals surface area contributed by atoms with Gasteiger partial charge in [0.15, 0.2) is 0 Å². The number of phenols is 1. The molecule has 5 nitrogen and oxygen atoms in total. The maximum atomic E-state index is 11.8. The van der Waals surface area contributed by atoms with Gasteiger partial charge in [-0.1, -0.05) is 6.07 Å². The number of phenolic OH excluding ortho intramolecular Hbond substituents is 1. The zero-order valence-electron chi connectivity index (χ0n) is 11.1. The highest BCUT2D eigenvalue weighted by molar-refractivity contribution is 5.90. The van der Waals surface area contributed by atoms with E-state index < -0.39 is 0 Å². The molecule has 0 fully saturated rings. The molecule has 0 saturated heterocycles. The Morgan fingerprint density at radius 1 is 1.37 bits per heavy atom. The third-order valence-corrected chi connectivity index (χ3v) is 2.78. The first-order valence-corrected chi connectivity index (χ1v) is 6.14. The Hall–Kier alpha value is -2.30. The van der Waals surface area contributed by atoms with Crippen LogP contribution >= 0.6 is 0 Å². The molecule has 0 spiro atoms. The van der Waals surface area contributed by atoms with Crippen molar-refractivity contribution in [3.8, 4) is 5.75 Å². The van der Waals surface area contributed by atoms with Crippen LogP contribution in [-0.2, 0) is 11.3 Å². The Kier molecular flexibility index (Phi) is 3.85. The molecule has 2 rings (SSSR count). The van der Waals surface area contributed by atoms with E-state index in [0.29, 0.717) is 18.7 Å². The van der Waals surface area contributed by atoms with Crippen LogP contribution in [0.25, 0.3) is 0 Å². The number of rotatable bonds is 4. The molecule has 2 N–H and O–H groups in total. The standard InChI is InChI=1S/C14H17N3O2/c1-10-8-11(2)17(16-10)7-6-14(19)15-12-4-3-5-13(18)9-12/h3-5,8-9,18H,6-7H2,1-2H3,(H,15,19). The van der Waals surface area contributed by atoms with E-state index in [9.17, 15) is 9.90 Å². The first-order chi connectivity index (χ1) is 9.04. The van der Waals surface area contributed by atoms with E-state index in [1.165, 1.54) is 6.07 Å². The van der Waals surface area contributed by atoms with Crippen molar-refractivity contribution in [1.29, 1.82) is 0 Å². The lowest BCUT2D eigenvalue weighted by atomic mass is 10.3. The van der Waals surface area contributed by atoms with Crippen LogP contribution in [0.3, 0.4) is 0 Å². The summed E-state index contributed by atoms with van der Waals surface area (Å²) < 4.78 is 1.82. The van der Waals surface area contributed by atoms with Gasteiger partial charge in [0.25, 0.3) is 0 Å². The van der Waals surface area contributed by atoms with E-state index >= 15 is 0 Å². The van der Waals surface area contributed by atoms with Crippen molar-refractivity contribution in [1.82, 2.24) is 9.78 Å². The first-order valence-electron chi connectivity index (χ1n) is 6.14. The molecule has 0 aliphatic carbocycles. The third kappa shape index (κ3) is 3.58. The summed E-state index contributed by atoms with van der Waals surface area (Å²) in [6.45, 7) is 4.44. The predicted molar refractivity (Wildman–Crippen MR) is 73.1 cm³/mol. The Morgan fingerprint density at radius 2 is 2.16 bits per heavy atom. The second kappa shape index (κ2) is 5.56. The number of aryl methyl sites for hydroxylation is 3. The minimum atomic E-state index is -0.0989. The van der Waals surface area contributed by atoms with Gasteiger partial charge in [0.05, 0.1) is 5.69 Å². The molecular weight excluding hydrogens is 242 g/mol. The Labute approximate surface area is 111 Å². The number of hydrogen-bond acceptors (Lipinski definition) is 3. The van der Waals surface area contributed by atoms with Gasteiger partial charge in [0, 0.05) is 30.4 Å². The molecule has 0 unspecified atom stereocenters. The molecule has 0 radical (unpaired) electrons. The lowest BCUT2D eigenvalue weighted by molar-refractivity contribution is -0.116. The number of benzene rings is 1. The van der Waals surface area contributed by atoms with Gasteiger partial charge < -0.3 is 10.4 Å². The van der Waals surface area contributed by atoms with E-state index in [4.69, 9.17) is 0 Å². The van der Waals surface area contributed by atoms with Crippen molar-refractivity contribution in [2.75, 3.05) is 5.32 Å². The van der Waals surface area contributed by atoms with Crippen molar-refractivity contribution in [3.05, 3.63) is 41.7 Å². The minimum Gasteiger partial charge on any atom is -0.508 e. The number of amides is 1. The monoisotopic (exact) mass is 259 g/mol. The first kappa shape index (κ1) is 13.1. The van der Waals surface area contributed by atoms with Gasteiger partial charge in [-0.2, -0.15) is 5.10 Å². The second-order valence-electron chi connectivity index (χ2n) is 4.50. The Morgan fingerprint density at radius 3 is 2.79 bits per heavy atom. The number of nitrogens with one attached hydrogen (secondary N) is 1. The van der Waals surface area contributed by atoms with Crippen LogP contribution in [-0.4, -0.2) is 20.8 Å². The molecule has 100 valence electrons. The van der Waals surface area contributed by atoms with Crippen LogP contribution in [0, 0.1) is 13.8 Å². The van der Waals surface area contributed by atoms with E-state index in [0.717, 1.165) is 11.4 Å². The summed E-state index contributed by atoms with van der Waals surface area (Å²) in [5.41, 5.74) is 2.59. The largest absolute Gasteiger partial charge is 0.508 e. The molecule has 0 aliphatic heterocycles. The van der Waals surface area contributed by atoms with Gasteiger partial charge in [0.2, 0.25) is 5.91 Å². The van der Waals surface area contributed by atoms with Crippen LogP contribution in [0.15, 0.2) is 30.3 Å². The number of anilines is 1. The fourth-order valence-corrected chi connectivity index (χ4v) is 1.92. The zero-order chi connectivity index (χ0) is 13.8. The summed E-state index contributed by atoms with van der Waals surface area (Å²) in [6.07, 6.45) is 0.345. The summed E-state index contributed by atoms with van der Waals surface area (Å²) in [4.78, 5) is 11.8.